The van der Waals surface area contributed by atoms with Crippen LogP contribution in [0.25, 0.3) is 0 Å². The number of rotatable bonds is 3. The maximum atomic E-state index is 11.5. The number of carbonyl (C=O) groups is 1. The molecular formula is C10H20N2O. The van der Waals surface area contributed by atoms with Gasteiger partial charge >= 0.3 is 0 Å². The molecular weight excluding hydrogens is 164 g/mol. The van der Waals surface area contributed by atoms with Crippen molar-refractivity contribution in [3.8, 4) is 0 Å². The maximum absolute atomic E-state index is 11.5. The van der Waals surface area contributed by atoms with Gasteiger partial charge in [-0.15, -0.1) is 0 Å². The molecule has 0 saturated carbocycles. The average Bonchev–Trinajstić information content (AvgIpc) is 2.18. The fourth-order valence-corrected chi connectivity index (χ4v) is 1.50. The van der Waals surface area contributed by atoms with Gasteiger partial charge in [0.15, 0.2) is 0 Å². The minimum absolute atomic E-state index is 0.155. The second-order valence-electron chi connectivity index (χ2n) is 3.86. The largest absolute Gasteiger partial charge is 0.352 e. The Morgan fingerprint density at radius 2 is 2.46 bits per heavy atom. The number of piperidine rings is 1. The van der Waals surface area contributed by atoms with Crippen molar-refractivity contribution in [2.24, 2.45) is 5.92 Å². The molecule has 1 fully saturated rings. The number of hydrogen-bond acceptors (Lipinski definition) is 2. The highest BCUT2D eigenvalue weighted by Gasteiger charge is 2.17. The van der Waals surface area contributed by atoms with Crippen LogP contribution in [0.3, 0.4) is 0 Å². The average molecular weight is 184 g/mol. The summed E-state index contributed by atoms with van der Waals surface area (Å²) < 4.78 is 0. The highest BCUT2D eigenvalue weighted by Crippen LogP contribution is 2.05. The molecule has 76 valence electrons. The highest BCUT2D eigenvalue weighted by molar-refractivity contribution is 5.78. The van der Waals surface area contributed by atoms with Gasteiger partial charge in [-0.2, -0.15) is 0 Å². The van der Waals surface area contributed by atoms with Gasteiger partial charge in [0.25, 0.3) is 0 Å². The van der Waals surface area contributed by atoms with E-state index >= 15 is 0 Å². The van der Waals surface area contributed by atoms with Crippen LogP contribution in [0.2, 0.25) is 0 Å². The van der Waals surface area contributed by atoms with Gasteiger partial charge in [-0.3, -0.25) is 4.79 Å². The van der Waals surface area contributed by atoms with E-state index in [-0.39, 0.29) is 11.8 Å². The second kappa shape index (κ2) is 5.22. The van der Waals surface area contributed by atoms with Crippen molar-refractivity contribution in [2.75, 3.05) is 13.1 Å². The second-order valence-corrected chi connectivity index (χ2v) is 3.86. The van der Waals surface area contributed by atoms with E-state index in [1.165, 1.54) is 6.42 Å². The first-order chi connectivity index (χ1) is 6.24. The van der Waals surface area contributed by atoms with Gasteiger partial charge in [0.1, 0.15) is 0 Å². The molecule has 0 aromatic rings. The Balaban J connectivity index is 2.26. The molecule has 0 spiro atoms. The Hall–Kier alpha value is -0.570. The molecule has 1 aliphatic heterocycles. The number of amides is 1. The van der Waals surface area contributed by atoms with Crippen molar-refractivity contribution >= 4 is 5.91 Å². The van der Waals surface area contributed by atoms with Crippen LogP contribution in [0.15, 0.2) is 0 Å². The van der Waals surface area contributed by atoms with Crippen molar-refractivity contribution < 1.29 is 4.79 Å². The predicted molar refractivity (Wildman–Crippen MR) is 53.5 cm³/mol. The Labute approximate surface area is 80.3 Å². The Morgan fingerprint density at radius 3 is 3.00 bits per heavy atom. The summed E-state index contributed by atoms with van der Waals surface area (Å²) >= 11 is 0. The molecule has 1 rings (SSSR count). The van der Waals surface area contributed by atoms with Gasteiger partial charge in [0, 0.05) is 18.5 Å². The number of hydrogen-bond donors (Lipinski definition) is 2. The van der Waals surface area contributed by atoms with Crippen LogP contribution in [0, 0.1) is 5.92 Å². The molecule has 1 heterocycles. The van der Waals surface area contributed by atoms with Crippen molar-refractivity contribution in [3.05, 3.63) is 0 Å². The molecule has 3 nitrogen and oxygen atoms in total. The first kappa shape index (κ1) is 10.5. The molecule has 0 aliphatic carbocycles. The minimum Gasteiger partial charge on any atom is -0.352 e. The van der Waals surface area contributed by atoms with E-state index in [0.717, 1.165) is 25.9 Å². The molecule has 1 aliphatic rings. The molecule has 1 saturated heterocycles. The fourth-order valence-electron chi connectivity index (χ4n) is 1.50. The predicted octanol–water partition coefficient (Wildman–Crippen LogP) is 0.901. The van der Waals surface area contributed by atoms with Crippen LogP contribution in [-0.4, -0.2) is 25.0 Å². The lowest BCUT2D eigenvalue weighted by Crippen LogP contribution is -2.47. The quantitative estimate of drug-likeness (QED) is 0.684. The van der Waals surface area contributed by atoms with E-state index in [0.29, 0.717) is 6.04 Å². The lowest BCUT2D eigenvalue weighted by Gasteiger charge is -2.25. The van der Waals surface area contributed by atoms with Gasteiger partial charge < -0.3 is 10.6 Å². The van der Waals surface area contributed by atoms with Crippen LogP contribution in [-0.2, 0) is 4.79 Å². The third-order valence-corrected chi connectivity index (χ3v) is 2.70. The summed E-state index contributed by atoms with van der Waals surface area (Å²) in [7, 11) is 0. The Kier molecular flexibility index (Phi) is 4.22. The zero-order valence-corrected chi connectivity index (χ0v) is 8.60. The van der Waals surface area contributed by atoms with Crippen LogP contribution < -0.4 is 10.6 Å². The van der Waals surface area contributed by atoms with Gasteiger partial charge in [-0.1, -0.05) is 13.8 Å². The van der Waals surface area contributed by atoms with Crippen molar-refractivity contribution in [3.63, 3.8) is 0 Å². The first-order valence-corrected chi connectivity index (χ1v) is 5.25. The van der Waals surface area contributed by atoms with Crippen molar-refractivity contribution in [2.45, 2.75) is 39.2 Å². The van der Waals surface area contributed by atoms with E-state index in [2.05, 4.69) is 10.6 Å². The molecule has 13 heavy (non-hydrogen) atoms. The summed E-state index contributed by atoms with van der Waals surface area (Å²) in [6.07, 6.45) is 3.21. The Bertz CT molecular complexity index is 164. The fraction of sp³-hybridized carbons (Fsp3) is 0.900. The number of carbonyl (C=O) groups excluding carboxylic acids is 1. The third-order valence-electron chi connectivity index (χ3n) is 2.70. The Morgan fingerprint density at radius 1 is 1.69 bits per heavy atom. The van der Waals surface area contributed by atoms with Crippen LogP contribution >= 0.6 is 0 Å². The summed E-state index contributed by atoms with van der Waals surface area (Å²) in [4.78, 5) is 11.5. The summed E-state index contributed by atoms with van der Waals surface area (Å²) in [5.41, 5.74) is 0. The lowest BCUT2D eigenvalue weighted by atomic mass is 10.0. The minimum atomic E-state index is 0.155. The first-order valence-electron chi connectivity index (χ1n) is 5.25. The molecule has 2 N–H and O–H groups in total. The van der Waals surface area contributed by atoms with Crippen LogP contribution in [0.4, 0.5) is 0 Å². The molecule has 2 atom stereocenters. The van der Waals surface area contributed by atoms with Gasteiger partial charge in [0.05, 0.1) is 0 Å². The zero-order valence-electron chi connectivity index (χ0n) is 8.60. The van der Waals surface area contributed by atoms with Gasteiger partial charge in [-0.25, -0.2) is 0 Å². The monoisotopic (exact) mass is 184 g/mol. The highest BCUT2D eigenvalue weighted by atomic mass is 16.1. The molecule has 3 heteroatoms. The van der Waals surface area contributed by atoms with Crippen LogP contribution in [0.5, 0.6) is 0 Å². The summed E-state index contributed by atoms with van der Waals surface area (Å²) in [6, 6.07) is 0.357. The van der Waals surface area contributed by atoms with E-state index in [9.17, 15) is 4.79 Å². The molecule has 0 aromatic carbocycles. The molecule has 0 radical (unpaired) electrons. The van der Waals surface area contributed by atoms with Gasteiger partial charge in [-0.05, 0) is 25.8 Å². The topological polar surface area (TPSA) is 41.1 Å². The van der Waals surface area contributed by atoms with E-state index in [1.807, 2.05) is 13.8 Å². The molecule has 1 unspecified atom stereocenters. The SMILES string of the molecule is CCC(C)C(=O)N[C@H]1CCCNC1. The number of nitrogens with one attached hydrogen (secondary N) is 2. The van der Waals surface area contributed by atoms with E-state index in [1.54, 1.807) is 0 Å². The third kappa shape index (κ3) is 3.35. The molecule has 1 amide bonds. The zero-order chi connectivity index (χ0) is 9.68. The van der Waals surface area contributed by atoms with Gasteiger partial charge in [0.2, 0.25) is 5.91 Å². The summed E-state index contributed by atoms with van der Waals surface area (Å²) in [5.74, 6) is 0.359. The molecule has 0 bridgehead atoms. The lowest BCUT2D eigenvalue weighted by molar-refractivity contribution is -0.125. The molecule has 0 aromatic heterocycles. The standard InChI is InChI=1S/C10H20N2O/c1-3-8(2)10(13)12-9-5-4-6-11-7-9/h8-9,11H,3-7H2,1-2H3,(H,12,13)/t8?,9-/m0/s1. The van der Waals surface area contributed by atoms with Crippen LogP contribution in [0.1, 0.15) is 33.1 Å². The van der Waals surface area contributed by atoms with E-state index < -0.39 is 0 Å². The normalized spacial score (nSPS) is 25.2. The summed E-state index contributed by atoms with van der Waals surface area (Å²) in [6.45, 7) is 6.05. The van der Waals surface area contributed by atoms with E-state index in [4.69, 9.17) is 0 Å². The smallest absolute Gasteiger partial charge is 0.223 e. The summed E-state index contributed by atoms with van der Waals surface area (Å²) in [5, 5.41) is 6.35. The van der Waals surface area contributed by atoms with Crippen molar-refractivity contribution in [1.29, 1.82) is 0 Å². The van der Waals surface area contributed by atoms with Crippen molar-refractivity contribution in [1.82, 2.24) is 10.6 Å². The maximum Gasteiger partial charge on any atom is 0.223 e.